The highest BCUT2D eigenvalue weighted by atomic mass is 35.5. The molecule has 1 aliphatic rings. The molecule has 1 amide bonds. The first-order valence-corrected chi connectivity index (χ1v) is 10.5. The number of hydrogen-bond donors (Lipinski definition) is 2. The Kier molecular flexibility index (Phi) is 10.3. The summed E-state index contributed by atoms with van der Waals surface area (Å²) in [4.78, 5) is 12.4. The number of benzene rings is 1. The highest BCUT2D eigenvalue weighted by Crippen LogP contribution is 2.23. The molecule has 154 valence electrons. The van der Waals surface area contributed by atoms with Crippen LogP contribution in [0.5, 0.6) is 0 Å². The van der Waals surface area contributed by atoms with Crippen LogP contribution in [0.3, 0.4) is 0 Å². The molecule has 0 bridgehead atoms. The van der Waals surface area contributed by atoms with E-state index in [1.165, 1.54) is 12.1 Å². The SMILES string of the molecule is COCCNCCNC(=O)c1ccc(S(=O)(=O)N2CCCC(C)C2)cc1.Cl. The predicted molar refractivity (Wildman–Crippen MR) is 108 cm³/mol. The first kappa shape index (κ1) is 23.8. The largest absolute Gasteiger partial charge is 0.383 e. The van der Waals surface area contributed by atoms with Gasteiger partial charge in [0.2, 0.25) is 10.0 Å². The first-order valence-electron chi connectivity index (χ1n) is 9.03. The molecule has 1 atom stereocenters. The van der Waals surface area contributed by atoms with Gasteiger partial charge in [-0.15, -0.1) is 12.4 Å². The summed E-state index contributed by atoms with van der Waals surface area (Å²) in [6, 6.07) is 6.16. The maximum absolute atomic E-state index is 12.7. The average Bonchev–Trinajstić information content (AvgIpc) is 2.64. The van der Waals surface area contributed by atoms with Gasteiger partial charge in [0.1, 0.15) is 0 Å². The predicted octanol–water partition coefficient (Wildman–Crippen LogP) is 1.49. The summed E-state index contributed by atoms with van der Waals surface area (Å²) in [5.41, 5.74) is 0.452. The number of methoxy groups -OCH3 is 1. The Bertz CT molecular complexity index is 682. The fraction of sp³-hybridized carbons (Fsp3) is 0.611. The Morgan fingerprint density at radius 1 is 1.22 bits per heavy atom. The van der Waals surface area contributed by atoms with Crippen molar-refractivity contribution in [2.75, 3.05) is 46.4 Å². The van der Waals surface area contributed by atoms with Crippen LogP contribution in [-0.2, 0) is 14.8 Å². The van der Waals surface area contributed by atoms with Gasteiger partial charge < -0.3 is 15.4 Å². The Labute approximate surface area is 168 Å². The third-order valence-electron chi connectivity index (χ3n) is 4.44. The molecule has 1 aromatic carbocycles. The van der Waals surface area contributed by atoms with Crippen LogP contribution in [0.2, 0.25) is 0 Å². The van der Waals surface area contributed by atoms with Crippen molar-refractivity contribution in [3.8, 4) is 0 Å². The fourth-order valence-corrected chi connectivity index (χ4v) is 4.56. The van der Waals surface area contributed by atoms with Crippen molar-refractivity contribution in [2.24, 2.45) is 5.92 Å². The van der Waals surface area contributed by atoms with Gasteiger partial charge in [-0.3, -0.25) is 4.79 Å². The van der Waals surface area contributed by atoms with Gasteiger partial charge in [0.05, 0.1) is 11.5 Å². The number of nitrogens with one attached hydrogen (secondary N) is 2. The molecule has 1 unspecified atom stereocenters. The lowest BCUT2D eigenvalue weighted by Gasteiger charge is -2.30. The van der Waals surface area contributed by atoms with Crippen molar-refractivity contribution in [1.29, 1.82) is 0 Å². The maximum Gasteiger partial charge on any atom is 0.251 e. The van der Waals surface area contributed by atoms with Gasteiger partial charge in [0, 0.05) is 45.4 Å². The molecule has 27 heavy (non-hydrogen) atoms. The molecule has 0 radical (unpaired) electrons. The first-order chi connectivity index (χ1) is 12.4. The Morgan fingerprint density at radius 3 is 2.56 bits per heavy atom. The van der Waals surface area contributed by atoms with Gasteiger partial charge in [-0.2, -0.15) is 4.31 Å². The topological polar surface area (TPSA) is 87.7 Å². The summed E-state index contributed by atoms with van der Waals surface area (Å²) >= 11 is 0. The molecule has 0 saturated carbocycles. The van der Waals surface area contributed by atoms with Crippen LogP contribution >= 0.6 is 12.4 Å². The van der Waals surface area contributed by atoms with Crippen molar-refractivity contribution in [3.05, 3.63) is 29.8 Å². The number of ether oxygens (including phenoxy) is 1. The second-order valence-corrected chi connectivity index (χ2v) is 8.57. The lowest BCUT2D eigenvalue weighted by molar-refractivity contribution is 0.0953. The molecule has 2 N–H and O–H groups in total. The average molecular weight is 420 g/mol. The molecule has 1 fully saturated rings. The van der Waals surface area contributed by atoms with Gasteiger partial charge in [0.15, 0.2) is 0 Å². The van der Waals surface area contributed by atoms with E-state index in [1.54, 1.807) is 23.5 Å². The minimum Gasteiger partial charge on any atom is -0.383 e. The van der Waals surface area contributed by atoms with Crippen LogP contribution in [-0.4, -0.2) is 65.1 Å². The van der Waals surface area contributed by atoms with Gasteiger partial charge in [-0.1, -0.05) is 6.92 Å². The van der Waals surface area contributed by atoms with E-state index in [4.69, 9.17) is 4.74 Å². The summed E-state index contributed by atoms with van der Waals surface area (Å²) in [6.07, 6.45) is 1.95. The van der Waals surface area contributed by atoms with Gasteiger partial charge in [0.25, 0.3) is 5.91 Å². The molecule has 9 heteroatoms. The maximum atomic E-state index is 12.7. The van der Waals surface area contributed by atoms with E-state index < -0.39 is 10.0 Å². The highest BCUT2D eigenvalue weighted by Gasteiger charge is 2.28. The summed E-state index contributed by atoms with van der Waals surface area (Å²) in [6.45, 7) is 5.68. The van der Waals surface area contributed by atoms with E-state index in [2.05, 4.69) is 17.6 Å². The quantitative estimate of drug-likeness (QED) is 0.592. The van der Waals surface area contributed by atoms with Crippen molar-refractivity contribution < 1.29 is 17.9 Å². The number of rotatable bonds is 9. The molecule has 1 heterocycles. The molecule has 1 saturated heterocycles. The molecule has 2 rings (SSSR count). The molecular weight excluding hydrogens is 390 g/mol. The zero-order valence-electron chi connectivity index (χ0n) is 15.9. The third-order valence-corrected chi connectivity index (χ3v) is 6.32. The minimum absolute atomic E-state index is 0. The molecule has 1 aromatic rings. The molecule has 0 aliphatic carbocycles. The number of halogens is 1. The van der Waals surface area contributed by atoms with Crippen LogP contribution in [0.4, 0.5) is 0 Å². The lowest BCUT2D eigenvalue weighted by atomic mass is 10.0. The number of carbonyl (C=O) groups excluding carboxylic acids is 1. The monoisotopic (exact) mass is 419 g/mol. The van der Waals surface area contributed by atoms with Crippen molar-refractivity contribution >= 4 is 28.3 Å². The molecule has 0 spiro atoms. The van der Waals surface area contributed by atoms with Crippen molar-refractivity contribution in [3.63, 3.8) is 0 Å². The number of nitrogens with zero attached hydrogens (tertiary/aromatic N) is 1. The van der Waals surface area contributed by atoms with Crippen LogP contribution in [0, 0.1) is 5.92 Å². The summed E-state index contributed by atoms with van der Waals surface area (Å²) in [5, 5.41) is 5.94. The highest BCUT2D eigenvalue weighted by molar-refractivity contribution is 7.89. The van der Waals surface area contributed by atoms with Crippen LogP contribution < -0.4 is 10.6 Å². The van der Waals surface area contributed by atoms with Crippen molar-refractivity contribution in [1.82, 2.24) is 14.9 Å². The normalized spacial score (nSPS) is 17.9. The zero-order chi connectivity index (χ0) is 19.0. The van der Waals surface area contributed by atoms with Crippen LogP contribution in [0.1, 0.15) is 30.1 Å². The van der Waals surface area contributed by atoms with E-state index in [9.17, 15) is 13.2 Å². The summed E-state index contributed by atoms with van der Waals surface area (Å²) in [7, 11) is -1.85. The number of amides is 1. The lowest BCUT2D eigenvalue weighted by Crippen LogP contribution is -2.39. The number of carbonyl (C=O) groups is 1. The van der Waals surface area contributed by atoms with Gasteiger partial charge >= 0.3 is 0 Å². The van der Waals surface area contributed by atoms with Gasteiger partial charge in [-0.25, -0.2) is 8.42 Å². The van der Waals surface area contributed by atoms with Crippen LogP contribution in [0.15, 0.2) is 29.2 Å². The standard InChI is InChI=1S/C18H29N3O4S.ClH/c1-15-4-3-12-21(14-15)26(23,24)17-7-5-16(6-8-17)18(22)20-10-9-19-11-13-25-2;/h5-8,15,19H,3-4,9-14H2,1-2H3,(H,20,22);1H. The smallest absolute Gasteiger partial charge is 0.251 e. The van der Waals surface area contributed by atoms with E-state index >= 15 is 0 Å². The van der Waals surface area contributed by atoms with Crippen molar-refractivity contribution in [2.45, 2.75) is 24.7 Å². The summed E-state index contributed by atoms with van der Waals surface area (Å²) < 4.78 is 31.9. The molecule has 0 aromatic heterocycles. The molecule has 1 aliphatic heterocycles. The number of sulfonamides is 1. The minimum atomic E-state index is -3.49. The molecular formula is C18H30ClN3O4S. The van der Waals surface area contributed by atoms with E-state index in [0.29, 0.717) is 44.3 Å². The second-order valence-electron chi connectivity index (χ2n) is 6.63. The fourth-order valence-electron chi connectivity index (χ4n) is 2.96. The zero-order valence-corrected chi connectivity index (χ0v) is 17.6. The third kappa shape index (κ3) is 7.04. The number of piperidine rings is 1. The second kappa shape index (κ2) is 11.6. The molecule has 7 nitrogen and oxygen atoms in total. The Morgan fingerprint density at radius 2 is 1.93 bits per heavy atom. The number of hydrogen-bond acceptors (Lipinski definition) is 5. The van der Waals surface area contributed by atoms with E-state index in [1.807, 2.05) is 0 Å². The van der Waals surface area contributed by atoms with E-state index in [-0.39, 0.29) is 23.2 Å². The van der Waals surface area contributed by atoms with Gasteiger partial charge in [-0.05, 0) is 43.0 Å². The van der Waals surface area contributed by atoms with E-state index in [0.717, 1.165) is 19.4 Å². The van der Waals surface area contributed by atoms with Crippen LogP contribution in [0.25, 0.3) is 0 Å². The Hall–Kier alpha value is -1.19. The summed E-state index contributed by atoms with van der Waals surface area (Å²) in [5.74, 6) is 0.162. The Balaban J connectivity index is 0.00000364.